The van der Waals surface area contributed by atoms with Gasteiger partial charge >= 0.3 is 0 Å². The summed E-state index contributed by atoms with van der Waals surface area (Å²) in [6.07, 6.45) is 1.71. The number of carboxylic acid groups (broad SMARTS) is 1. The molecule has 0 aromatic heterocycles. The molecular formula is C15H13BrNO3S2-. The Bertz CT molecular complexity index is 655. The number of halogens is 1. The maximum atomic E-state index is 12.5. The van der Waals surface area contributed by atoms with Gasteiger partial charge in [0.05, 0.1) is 16.9 Å². The van der Waals surface area contributed by atoms with Crippen molar-refractivity contribution in [2.24, 2.45) is 5.92 Å². The summed E-state index contributed by atoms with van der Waals surface area (Å²) in [5.74, 6) is -1.98. The summed E-state index contributed by atoms with van der Waals surface area (Å²) in [6.45, 7) is 3.44. The Kier molecular flexibility index (Phi) is 5.41. The minimum absolute atomic E-state index is 0.247. The van der Waals surface area contributed by atoms with Gasteiger partial charge in [-0.1, -0.05) is 65.9 Å². The fourth-order valence-electron chi connectivity index (χ4n) is 2.11. The summed E-state index contributed by atoms with van der Waals surface area (Å²) in [7, 11) is 0. The number of amides is 1. The SMILES string of the molecule is CC(C)[C@H](C(=O)[O-])N1C(=O)/C(=C/c2ccc(Br)cc2)SC1=S. The van der Waals surface area contributed by atoms with Gasteiger partial charge in [0.2, 0.25) is 0 Å². The van der Waals surface area contributed by atoms with Gasteiger partial charge < -0.3 is 9.90 Å². The summed E-state index contributed by atoms with van der Waals surface area (Å²) in [6, 6.07) is 6.39. The van der Waals surface area contributed by atoms with Crippen LogP contribution in [0.25, 0.3) is 6.08 Å². The first-order valence-corrected chi connectivity index (χ1v) is 8.56. The van der Waals surface area contributed by atoms with E-state index in [1.54, 1.807) is 19.9 Å². The molecule has 116 valence electrons. The van der Waals surface area contributed by atoms with Crippen LogP contribution in [0.4, 0.5) is 0 Å². The zero-order valence-electron chi connectivity index (χ0n) is 11.9. The Labute approximate surface area is 146 Å². The Hall–Kier alpha value is -1.18. The zero-order valence-corrected chi connectivity index (χ0v) is 15.1. The van der Waals surface area contributed by atoms with Crippen LogP contribution in [0.15, 0.2) is 33.6 Å². The van der Waals surface area contributed by atoms with Gasteiger partial charge in [-0.15, -0.1) is 0 Å². The lowest BCUT2D eigenvalue weighted by Crippen LogP contribution is -2.52. The average Bonchev–Trinajstić information content (AvgIpc) is 2.69. The second-order valence-electron chi connectivity index (χ2n) is 5.11. The molecule has 1 fully saturated rings. The lowest BCUT2D eigenvalue weighted by molar-refractivity contribution is -0.311. The molecule has 2 rings (SSSR count). The molecule has 1 amide bonds. The number of hydrogen-bond acceptors (Lipinski definition) is 5. The lowest BCUT2D eigenvalue weighted by atomic mass is 10.0. The van der Waals surface area contributed by atoms with E-state index in [1.165, 1.54) is 0 Å². The molecule has 22 heavy (non-hydrogen) atoms. The number of benzene rings is 1. The highest BCUT2D eigenvalue weighted by molar-refractivity contribution is 9.10. The third-order valence-corrected chi connectivity index (χ3v) is 5.00. The summed E-state index contributed by atoms with van der Waals surface area (Å²) >= 11 is 9.63. The van der Waals surface area contributed by atoms with E-state index >= 15 is 0 Å². The van der Waals surface area contributed by atoms with E-state index in [0.717, 1.165) is 26.7 Å². The van der Waals surface area contributed by atoms with Crippen LogP contribution >= 0.6 is 39.9 Å². The molecule has 0 unspecified atom stereocenters. The molecule has 4 nitrogen and oxygen atoms in total. The molecule has 0 bridgehead atoms. The largest absolute Gasteiger partial charge is 0.548 e. The van der Waals surface area contributed by atoms with Gasteiger partial charge in [-0.05, 0) is 29.7 Å². The normalized spacial score (nSPS) is 18.4. The predicted molar refractivity (Wildman–Crippen MR) is 92.8 cm³/mol. The Morgan fingerprint density at radius 2 is 1.95 bits per heavy atom. The maximum Gasteiger partial charge on any atom is 0.266 e. The number of nitrogens with zero attached hydrogens (tertiary/aromatic N) is 1. The van der Waals surface area contributed by atoms with Gasteiger partial charge in [0.25, 0.3) is 5.91 Å². The fourth-order valence-corrected chi connectivity index (χ4v) is 3.70. The van der Waals surface area contributed by atoms with Crippen LogP contribution in [-0.2, 0) is 9.59 Å². The smallest absolute Gasteiger partial charge is 0.266 e. The predicted octanol–water partition coefficient (Wildman–Crippen LogP) is 2.42. The fraction of sp³-hybridized carbons (Fsp3) is 0.267. The minimum Gasteiger partial charge on any atom is -0.548 e. The second-order valence-corrected chi connectivity index (χ2v) is 7.70. The highest BCUT2D eigenvalue weighted by Gasteiger charge is 2.38. The monoisotopic (exact) mass is 398 g/mol. The third-order valence-electron chi connectivity index (χ3n) is 3.14. The Morgan fingerprint density at radius 3 is 2.45 bits per heavy atom. The van der Waals surface area contributed by atoms with Crippen molar-refractivity contribution in [3.8, 4) is 0 Å². The number of rotatable bonds is 4. The third kappa shape index (κ3) is 3.59. The summed E-state index contributed by atoms with van der Waals surface area (Å²) in [5, 5.41) is 11.3. The van der Waals surface area contributed by atoms with E-state index in [2.05, 4.69) is 15.9 Å². The number of thioether (sulfide) groups is 1. The van der Waals surface area contributed by atoms with Crippen LogP contribution in [-0.4, -0.2) is 27.1 Å². The van der Waals surface area contributed by atoms with Crippen LogP contribution in [0.3, 0.4) is 0 Å². The van der Waals surface area contributed by atoms with Crippen molar-refractivity contribution in [1.82, 2.24) is 4.90 Å². The minimum atomic E-state index is -1.30. The molecule has 1 aliphatic rings. The van der Waals surface area contributed by atoms with Crippen molar-refractivity contribution in [2.75, 3.05) is 0 Å². The van der Waals surface area contributed by atoms with Crippen LogP contribution < -0.4 is 5.11 Å². The molecule has 0 aliphatic carbocycles. The first-order valence-electron chi connectivity index (χ1n) is 6.54. The van der Waals surface area contributed by atoms with E-state index in [0.29, 0.717) is 4.91 Å². The van der Waals surface area contributed by atoms with Crippen molar-refractivity contribution in [3.63, 3.8) is 0 Å². The van der Waals surface area contributed by atoms with Gasteiger partial charge in [0.15, 0.2) is 0 Å². The summed E-state index contributed by atoms with van der Waals surface area (Å²) in [5.41, 5.74) is 0.846. The van der Waals surface area contributed by atoms with E-state index in [-0.39, 0.29) is 16.1 Å². The number of carbonyl (C=O) groups excluding carboxylic acids is 2. The molecule has 1 aliphatic heterocycles. The van der Waals surface area contributed by atoms with Crippen molar-refractivity contribution in [1.29, 1.82) is 0 Å². The van der Waals surface area contributed by atoms with Gasteiger partial charge in [0, 0.05) is 4.47 Å². The van der Waals surface area contributed by atoms with Crippen LogP contribution in [0.1, 0.15) is 19.4 Å². The average molecular weight is 399 g/mol. The first-order chi connectivity index (χ1) is 10.3. The van der Waals surface area contributed by atoms with Crippen LogP contribution in [0.5, 0.6) is 0 Å². The topological polar surface area (TPSA) is 60.4 Å². The van der Waals surface area contributed by atoms with Crippen LogP contribution in [0, 0.1) is 5.92 Å². The number of aliphatic carboxylic acids is 1. The molecule has 0 spiro atoms. The first kappa shape index (κ1) is 17.2. The zero-order chi connectivity index (χ0) is 16.4. The molecule has 0 N–H and O–H groups in total. The number of carbonyl (C=O) groups is 2. The van der Waals surface area contributed by atoms with Gasteiger partial charge in [-0.3, -0.25) is 9.69 Å². The van der Waals surface area contributed by atoms with E-state index in [1.807, 2.05) is 24.3 Å². The molecule has 1 aromatic rings. The second kappa shape index (κ2) is 6.93. The van der Waals surface area contributed by atoms with Crippen molar-refractivity contribution in [3.05, 3.63) is 39.2 Å². The molecular weight excluding hydrogens is 386 g/mol. The Morgan fingerprint density at radius 1 is 1.36 bits per heavy atom. The van der Waals surface area contributed by atoms with Crippen molar-refractivity contribution < 1.29 is 14.7 Å². The van der Waals surface area contributed by atoms with Crippen molar-refractivity contribution in [2.45, 2.75) is 19.9 Å². The molecule has 0 saturated carbocycles. The summed E-state index contributed by atoms with van der Waals surface area (Å²) < 4.78 is 1.19. The van der Waals surface area contributed by atoms with Gasteiger partial charge in [0.1, 0.15) is 4.32 Å². The van der Waals surface area contributed by atoms with E-state index in [4.69, 9.17) is 12.2 Å². The Balaban J connectivity index is 2.32. The van der Waals surface area contributed by atoms with Crippen LogP contribution in [0.2, 0.25) is 0 Å². The quantitative estimate of drug-likeness (QED) is 0.575. The highest BCUT2D eigenvalue weighted by Crippen LogP contribution is 2.35. The van der Waals surface area contributed by atoms with E-state index in [9.17, 15) is 14.7 Å². The molecule has 1 heterocycles. The highest BCUT2D eigenvalue weighted by atomic mass is 79.9. The lowest BCUT2D eigenvalue weighted by Gasteiger charge is -2.30. The van der Waals surface area contributed by atoms with Gasteiger partial charge in [-0.25, -0.2) is 0 Å². The molecule has 1 aromatic carbocycles. The standard InChI is InChI=1S/C15H14BrNO3S2/c1-8(2)12(14(19)20)17-13(18)11(22-15(17)21)7-9-3-5-10(16)6-4-9/h3-8,12H,1-2H3,(H,19,20)/p-1/b11-7-/t12-/m1/s1. The molecule has 1 saturated heterocycles. The number of thiocarbonyl (C=S) groups is 1. The van der Waals surface area contributed by atoms with Crippen molar-refractivity contribution >= 4 is 62.2 Å². The molecule has 1 atom stereocenters. The van der Waals surface area contributed by atoms with E-state index < -0.39 is 12.0 Å². The molecule has 0 radical (unpaired) electrons. The number of carboxylic acids is 1. The molecule has 7 heteroatoms. The number of hydrogen-bond donors (Lipinski definition) is 0. The van der Waals surface area contributed by atoms with Gasteiger partial charge in [-0.2, -0.15) is 0 Å². The maximum absolute atomic E-state index is 12.5. The summed E-state index contributed by atoms with van der Waals surface area (Å²) in [4.78, 5) is 25.4.